The van der Waals surface area contributed by atoms with E-state index < -0.39 is 0 Å². The standard InChI is InChI=1S/C23H17N5O2S/c1-14-11-21(29)26-23(24-14)28-20(13-18(27-28)19-7-4-10-31-19)25-22(30)17-9-8-15-5-2-3-6-16(15)12-17/h2-13H,1H3,(H,25,30)(H,24,26,29). The minimum atomic E-state index is -0.289. The third-order valence-corrected chi connectivity index (χ3v) is 5.69. The fourth-order valence-electron chi connectivity index (χ4n) is 3.36. The summed E-state index contributed by atoms with van der Waals surface area (Å²) in [5.41, 5.74) is 1.46. The maximum atomic E-state index is 13.0. The highest BCUT2D eigenvalue weighted by Gasteiger charge is 2.17. The van der Waals surface area contributed by atoms with Crippen molar-refractivity contribution in [1.82, 2.24) is 19.7 Å². The highest BCUT2D eigenvalue weighted by molar-refractivity contribution is 7.13. The smallest absolute Gasteiger partial charge is 0.256 e. The molecule has 2 N–H and O–H groups in total. The fraction of sp³-hybridized carbons (Fsp3) is 0.0435. The first-order chi connectivity index (χ1) is 15.1. The summed E-state index contributed by atoms with van der Waals surface area (Å²) < 4.78 is 1.45. The lowest BCUT2D eigenvalue weighted by Crippen LogP contribution is -2.18. The maximum Gasteiger partial charge on any atom is 0.256 e. The van der Waals surface area contributed by atoms with Crippen LogP contribution in [0.15, 0.2) is 76.9 Å². The number of nitrogens with one attached hydrogen (secondary N) is 2. The molecule has 3 aromatic heterocycles. The van der Waals surface area contributed by atoms with Crippen LogP contribution in [0.4, 0.5) is 5.82 Å². The lowest BCUT2D eigenvalue weighted by atomic mass is 10.1. The Bertz CT molecular complexity index is 1470. The molecule has 2 aromatic carbocycles. The van der Waals surface area contributed by atoms with Crippen LogP contribution in [0.1, 0.15) is 16.1 Å². The minimum absolute atomic E-state index is 0.238. The molecule has 3 heterocycles. The molecule has 0 bridgehead atoms. The summed E-state index contributed by atoms with van der Waals surface area (Å²) in [6, 6.07) is 20.5. The molecule has 0 saturated heterocycles. The minimum Gasteiger partial charge on any atom is -0.306 e. The SMILES string of the molecule is Cc1cc(=O)[nH]c(-n2nc(-c3cccs3)cc2NC(=O)c2ccc3ccccc3c2)n1. The number of thiophene rings is 1. The van der Waals surface area contributed by atoms with Crippen LogP contribution in [0.25, 0.3) is 27.3 Å². The molecule has 0 saturated carbocycles. The van der Waals surface area contributed by atoms with Crippen molar-refractivity contribution in [2.24, 2.45) is 0 Å². The van der Waals surface area contributed by atoms with E-state index in [0.29, 0.717) is 22.8 Å². The summed E-state index contributed by atoms with van der Waals surface area (Å²) in [4.78, 5) is 33.0. The van der Waals surface area contributed by atoms with E-state index in [4.69, 9.17) is 0 Å². The van der Waals surface area contributed by atoms with Crippen molar-refractivity contribution in [2.75, 3.05) is 5.32 Å². The monoisotopic (exact) mass is 427 g/mol. The van der Waals surface area contributed by atoms with Crippen molar-refractivity contribution in [2.45, 2.75) is 6.92 Å². The van der Waals surface area contributed by atoms with Gasteiger partial charge < -0.3 is 5.32 Å². The average Bonchev–Trinajstić information content (AvgIpc) is 3.43. The van der Waals surface area contributed by atoms with Gasteiger partial charge in [-0.05, 0) is 41.3 Å². The first kappa shape index (κ1) is 19.0. The molecule has 5 aromatic rings. The summed E-state index contributed by atoms with van der Waals surface area (Å²) in [5.74, 6) is 0.372. The molecule has 0 atom stereocenters. The van der Waals surface area contributed by atoms with E-state index in [-0.39, 0.29) is 17.4 Å². The zero-order chi connectivity index (χ0) is 21.4. The van der Waals surface area contributed by atoms with Gasteiger partial charge in [0.1, 0.15) is 11.5 Å². The van der Waals surface area contributed by atoms with Crippen molar-refractivity contribution >= 4 is 33.8 Å². The molecule has 0 aliphatic heterocycles. The topological polar surface area (TPSA) is 92.7 Å². The number of carbonyl (C=O) groups is 1. The molecule has 0 spiro atoms. The Labute approximate surface area is 181 Å². The fourth-order valence-corrected chi connectivity index (χ4v) is 4.04. The van der Waals surface area contributed by atoms with Crippen molar-refractivity contribution in [3.63, 3.8) is 0 Å². The zero-order valence-corrected chi connectivity index (χ0v) is 17.3. The normalized spacial score (nSPS) is 11.0. The molecule has 0 fully saturated rings. The Kier molecular flexibility index (Phi) is 4.68. The molecular weight excluding hydrogens is 410 g/mol. The second-order valence-electron chi connectivity index (χ2n) is 7.03. The highest BCUT2D eigenvalue weighted by Crippen LogP contribution is 2.27. The second kappa shape index (κ2) is 7.66. The summed E-state index contributed by atoms with van der Waals surface area (Å²) in [6.45, 7) is 1.73. The molecule has 8 heteroatoms. The number of aryl methyl sites for hydroxylation is 1. The van der Waals surface area contributed by atoms with E-state index in [2.05, 4.69) is 20.4 Å². The Balaban J connectivity index is 1.56. The van der Waals surface area contributed by atoms with Crippen LogP contribution in [-0.4, -0.2) is 25.7 Å². The molecule has 0 unspecified atom stereocenters. The van der Waals surface area contributed by atoms with E-state index in [0.717, 1.165) is 15.6 Å². The number of aromatic amines is 1. The van der Waals surface area contributed by atoms with Crippen LogP contribution in [-0.2, 0) is 0 Å². The van der Waals surface area contributed by atoms with Gasteiger partial charge in [0.15, 0.2) is 0 Å². The van der Waals surface area contributed by atoms with Gasteiger partial charge in [-0.3, -0.25) is 14.6 Å². The van der Waals surface area contributed by atoms with Crippen LogP contribution < -0.4 is 10.9 Å². The number of aromatic nitrogens is 4. The van der Waals surface area contributed by atoms with E-state index in [9.17, 15) is 9.59 Å². The van der Waals surface area contributed by atoms with Gasteiger partial charge in [0.2, 0.25) is 5.95 Å². The lowest BCUT2D eigenvalue weighted by Gasteiger charge is -2.09. The zero-order valence-electron chi connectivity index (χ0n) is 16.5. The van der Waals surface area contributed by atoms with Gasteiger partial charge >= 0.3 is 0 Å². The van der Waals surface area contributed by atoms with Gasteiger partial charge in [-0.15, -0.1) is 11.3 Å². The van der Waals surface area contributed by atoms with Gasteiger partial charge in [-0.1, -0.05) is 36.4 Å². The highest BCUT2D eigenvalue weighted by atomic mass is 32.1. The number of carbonyl (C=O) groups excluding carboxylic acids is 1. The Morgan fingerprint density at radius 2 is 1.87 bits per heavy atom. The van der Waals surface area contributed by atoms with Crippen LogP contribution in [0.3, 0.4) is 0 Å². The van der Waals surface area contributed by atoms with E-state index in [1.165, 1.54) is 22.1 Å². The van der Waals surface area contributed by atoms with Crippen molar-refractivity contribution in [3.8, 4) is 16.5 Å². The molecule has 7 nitrogen and oxygen atoms in total. The van der Waals surface area contributed by atoms with Crippen molar-refractivity contribution in [3.05, 3.63) is 93.7 Å². The summed E-state index contributed by atoms with van der Waals surface area (Å²) in [5, 5.41) is 11.5. The first-order valence-electron chi connectivity index (χ1n) is 9.59. The number of H-pyrrole nitrogens is 1. The molecular formula is C23H17N5O2S. The quantitative estimate of drug-likeness (QED) is 0.445. The van der Waals surface area contributed by atoms with Crippen LogP contribution in [0.2, 0.25) is 0 Å². The summed E-state index contributed by atoms with van der Waals surface area (Å²) in [7, 11) is 0. The molecule has 152 valence electrons. The largest absolute Gasteiger partial charge is 0.306 e. The number of fused-ring (bicyclic) bond motifs is 1. The second-order valence-corrected chi connectivity index (χ2v) is 7.98. The van der Waals surface area contributed by atoms with Gasteiger partial charge in [-0.25, -0.2) is 4.98 Å². The Morgan fingerprint density at radius 3 is 2.65 bits per heavy atom. The number of hydrogen-bond donors (Lipinski definition) is 2. The third kappa shape index (κ3) is 3.76. The number of anilines is 1. The first-order valence-corrected chi connectivity index (χ1v) is 10.5. The molecule has 0 aliphatic rings. The maximum absolute atomic E-state index is 13.0. The summed E-state index contributed by atoms with van der Waals surface area (Å²) in [6.07, 6.45) is 0. The van der Waals surface area contributed by atoms with Gasteiger partial charge in [0, 0.05) is 23.4 Å². The van der Waals surface area contributed by atoms with Gasteiger partial charge in [-0.2, -0.15) is 9.78 Å². The molecule has 31 heavy (non-hydrogen) atoms. The molecule has 0 radical (unpaired) electrons. The predicted octanol–water partition coefficient (Wildman–Crippen LogP) is 4.40. The van der Waals surface area contributed by atoms with Crippen LogP contribution >= 0.6 is 11.3 Å². The van der Waals surface area contributed by atoms with Crippen molar-refractivity contribution in [1.29, 1.82) is 0 Å². The number of nitrogens with zero attached hydrogens (tertiary/aromatic N) is 3. The Morgan fingerprint density at radius 1 is 1.03 bits per heavy atom. The van der Waals surface area contributed by atoms with Crippen LogP contribution in [0.5, 0.6) is 0 Å². The molecule has 0 aliphatic carbocycles. The van der Waals surface area contributed by atoms with Crippen LogP contribution in [0, 0.1) is 6.92 Å². The summed E-state index contributed by atoms with van der Waals surface area (Å²) >= 11 is 1.54. The van der Waals surface area contributed by atoms with E-state index in [1.54, 1.807) is 19.1 Å². The predicted molar refractivity (Wildman–Crippen MR) is 122 cm³/mol. The lowest BCUT2D eigenvalue weighted by molar-refractivity contribution is 0.102. The van der Waals surface area contributed by atoms with E-state index >= 15 is 0 Å². The molecule has 1 amide bonds. The average molecular weight is 427 g/mol. The number of hydrogen-bond acceptors (Lipinski definition) is 5. The number of rotatable bonds is 4. The third-order valence-electron chi connectivity index (χ3n) is 4.79. The Hall–Kier alpha value is -4.04. The van der Waals surface area contributed by atoms with Crippen molar-refractivity contribution < 1.29 is 4.79 Å². The number of amides is 1. The van der Waals surface area contributed by atoms with Gasteiger partial charge in [0.25, 0.3) is 11.5 Å². The number of benzene rings is 2. The van der Waals surface area contributed by atoms with E-state index in [1.807, 2.05) is 53.9 Å². The molecule has 5 rings (SSSR count). The van der Waals surface area contributed by atoms with Gasteiger partial charge in [0.05, 0.1) is 4.88 Å².